The number of rotatable bonds is 7. The van der Waals surface area contributed by atoms with Crippen LogP contribution in [0.25, 0.3) is 11.5 Å². The molecule has 0 aliphatic carbocycles. The van der Waals surface area contributed by atoms with Crippen molar-refractivity contribution in [1.82, 2.24) is 15.5 Å². The van der Waals surface area contributed by atoms with Crippen molar-refractivity contribution in [2.24, 2.45) is 0 Å². The maximum atomic E-state index is 5.81. The maximum Gasteiger partial charge on any atom is 0.247 e. The summed E-state index contributed by atoms with van der Waals surface area (Å²) < 4.78 is 5.81. The normalized spacial score (nSPS) is 12.6. The van der Waals surface area contributed by atoms with Gasteiger partial charge in [0.25, 0.3) is 0 Å². The number of benzene rings is 1. The Labute approximate surface area is 120 Å². The van der Waals surface area contributed by atoms with Crippen LogP contribution in [0.4, 0.5) is 0 Å². The van der Waals surface area contributed by atoms with Gasteiger partial charge >= 0.3 is 0 Å². The van der Waals surface area contributed by atoms with Crippen molar-refractivity contribution in [2.45, 2.75) is 46.1 Å². The van der Waals surface area contributed by atoms with Gasteiger partial charge in [0, 0.05) is 5.56 Å². The fourth-order valence-electron chi connectivity index (χ4n) is 2.10. The van der Waals surface area contributed by atoms with Crippen molar-refractivity contribution in [3.63, 3.8) is 0 Å². The molecule has 0 saturated heterocycles. The Morgan fingerprint density at radius 3 is 2.45 bits per heavy atom. The number of hydrogen-bond acceptors (Lipinski definition) is 4. The summed E-state index contributed by atoms with van der Waals surface area (Å²) in [7, 11) is 0. The maximum absolute atomic E-state index is 5.81. The first-order chi connectivity index (χ1) is 9.78. The van der Waals surface area contributed by atoms with Crippen LogP contribution in [0.1, 0.15) is 51.1 Å². The van der Waals surface area contributed by atoms with E-state index in [0.29, 0.717) is 11.8 Å². The van der Waals surface area contributed by atoms with E-state index in [-0.39, 0.29) is 6.04 Å². The SMILES string of the molecule is CCCNC(CC)c1nnc(-c2ccc(CC)cc2)o1. The Morgan fingerprint density at radius 2 is 1.85 bits per heavy atom. The molecule has 0 spiro atoms. The summed E-state index contributed by atoms with van der Waals surface area (Å²) in [6.45, 7) is 7.37. The molecule has 2 aromatic rings. The molecule has 0 aliphatic rings. The zero-order valence-electron chi connectivity index (χ0n) is 12.5. The lowest BCUT2D eigenvalue weighted by Gasteiger charge is -2.11. The van der Waals surface area contributed by atoms with Crippen LogP contribution < -0.4 is 5.32 Å². The second kappa shape index (κ2) is 7.20. The summed E-state index contributed by atoms with van der Waals surface area (Å²) in [5.74, 6) is 1.27. The van der Waals surface area contributed by atoms with Crippen LogP contribution in [0.3, 0.4) is 0 Å². The Bertz CT molecular complexity index is 519. The lowest BCUT2D eigenvalue weighted by molar-refractivity contribution is 0.396. The average molecular weight is 273 g/mol. The van der Waals surface area contributed by atoms with Crippen LogP contribution in [0.5, 0.6) is 0 Å². The third-order valence-corrected chi connectivity index (χ3v) is 3.40. The van der Waals surface area contributed by atoms with E-state index < -0.39 is 0 Å². The lowest BCUT2D eigenvalue weighted by Crippen LogP contribution is -2.21. The van der Waals surface area contributed by atoms with Gasteiger partial charge in [0.2, 0.25) is 11.8 Å². The van der Waals surface area contributed by atoms with Crippen molar-refractivity contribution < 1.29 is 4.42 Å². The van der Waals surface area contributed by atoms with Crippen LogP contribution >= 0.6 is 0 Å². The molecule has 1 unspecified atom stereocenters. The Balaban J connectivity index is 2.14. The predicted molar refractivity (Wildman–Crippen MR) is 80.4 cm³/mol. The first-order valence-electron chi connectivity index (χ1n) is 7.44. The molecule has 108 valence electrons. The summed E-state index contributed by atoms with van der Waals surface area (Å²) in [6, 6.07) is 8.43. The van der Waals surface area contributed by atoms with E-state index in [1.807, 2.05) is 12.1 Å². The lowest BCUT2D eigenvalue weighted by atomic mass is 10.1. The van der Waals surface area contributed by atoms with Crippen molar-refractivity contribution in [3.8, 4) is 11.5 Å². The molecule has 2 rings (SSSR count). The first kappa shape index (κ1) is 14.7. The average Bonchev–Trinajstić information content (AvgIpc) is 2.98. The molecule has 1 heterocycles. The number of nitrogens with zero attached hydrogens (tertiary/aromatic N) is 2. The fourth-order valence-corrected chi connectivity index (χ4v) is 2.10. The zero-order valence-corrected chi connectivity index (χ0v) is 12.5. The summed E-state index contributed by atoms with van der Waals surface area (Å²) in [4.78, 5) is 0. The molecule has 0 radical (unpaired) electrons. The second-order valence-electron chi connectivity index (χ2n) is 4.91. The van der Waals surface area contributed by atoms with Gasteiger partial charge in [-0.15, -0.1) is 10.2 Å². The van der Waals surface area contributed by atoms with Gasteiger partial charge < -0.3 is 9.73 Å². The molecule has 4 nitrogen and oxygen atoms in total. The monoisotopic (exact) mass is 273 g/mol. The van der Waals surface area contributed by atoms with Gasteiger partial charge in [0.05, 0.1) is 6.04 Å². The summed E-state index contributed by atoms with van der Waals surface area (Å²) in [6.07, 6.45) is 3.07. The Hall–Kier alpha value is -1.68. The summed E-state index contributed by atoms with van der Waals surface area (Å²) in [5, 5.41) is 11.8. The second-order valence-corrected chi connectivity index (χ2v) is 4.91. The Morgan fingerprint density at radius 1 is 1.10 bits per heavy atom. The number of hydrogen-bond donors (Lipinski definition) is 1. The van der Waals surface area contributed by atoms with E-state index in [0.717, 1.165) is 31.4 Å². The molecule has 0 fully saturated rings. The largest absolute Gasteiger partial charge is 0.419 e. The number of aromatic nitrogens is 2. The van der Waals surface area contributed by atoms with Crippen LogP contribution in [-0.4, -0.2) is 16.7 Å². The summed E-state index contributed by atoms with van der Waals surface area (Å²) in [5.41, 5.74) is 2.29. The first-order valence-corrected chi connectivity index (χ1v) is 7.44. The van der Waals surface area contributed by atoms with Gasteiger partial charge in [-0.2, -0.15) is 0 Å². The molecule has 1 aromatic carbocycles. The standard InChI is InChI=1S/C16H23N3O/c1-4-11-17-14(6-3)16-19-18-15(20-16)13-9-7-12(5-2)8-10-13/h7-10,14,17H,4-6,11H2,1-3H3. The van der Waals surface area contributed by atoms with Gasteiger partial charge in [-0.1, -0.05) is 32.9 Å². The van der Waals surface area contributed by atoms with Gasteiger partial charge in [-0.05, 0) is 43.5 Å². The van der Waals surface area contributed by atoms with E-state index in [9.17, 15) is 0 Å². The van der Waals surface area contributed by atoms with Crippen LogP contribution in [0, 0.1) is 0 Å². The minimum absolute atomic E-state index is 0.145. The van der Waals surface area contributed by atoms with E-state index in [4.69, 9.17) is 4.42 Å². The molecule has 0 saturated carbocycles. The summed E-state index contributed by atoms with van der Waals surface area (Å²) >= 11 is 0. The molecule has 4 heteroatoms. The molecule has 1 N–H and O–H groups in total. The van der Waals surface area contributed by atoms with Crippen LogP contribution in [0.15, 0.2) is 28.7 Å². The van der Waals surface area contributed by atoms with Crippen molar-refractivity contribution >= 4 is 0 Å². The predicted octanol–water partition coefficient (Wildman–Crippen LogP) is 3.75. The minimum atomic E-state index is 0.145. The third-order valence-electron chi connectivity index (χ3n) is 3.40. The molecular formula is C16H23N3O. The molecular weight excluding hydrogens is 250 g/mol. The zero-order chi connectivity index (χ0) is 14.4. The number of nitrogens with one attached hydrogen (secondary N) is 1. The topological polar surface area (TPSA) is 51.0 Å². The Kier molecular flexibility index (Phi) is 5.30. The fraction of sp³-hybridized carbons (Fsp3) is 0.500. The molecule has 0 aliphatic heterocycles. The minimum Gasteiger partial charge on any atom is -0.419 e. The molecule has 0 amide bonds. The van der Waals surface area contributed by atoms with E-state index in [2.05, 4.69) is 48.4 Å². The van der Waals surface area contributed by atoms with Crippen molar-refractivity contribution in [3.05, 3.63) is 35.7 Å². The van der Waals surface area contributed by atoms with Crippen LogP contribution in [-0.2, 0) is 6.42 Å². The van der Waals surface area contributed by atoms with Gasteiger partial charge in [-0.25, -0.2) is 0 Å². The van der Waals surface area contributed by atoms with Crippen molar-refractivity contribution in [2.75, 3.05) is 6.54 Å². The molecule has 1 atom stereocenters. The van der Waals surface area contributed by atoms with Gasteiger partial charge in [0.1, 0.15) is 0 Å². The van der Waals surface area contributed by atoms with E-state index in [1.54, 1.807) is 0 Å². The number of aryl methyl sites for hydroxylation is 1. The van der Waals surface area contributed by atoms with E-state index >= 15 is 0 Å². The highest BCUT2D eigenvalue weighted by Crippen LogP contribution is 2.22. The highest BCUT2D eigenvalue weighted by Gasteiger charge is 2.16. The van der Waals surface area contributed by atoms with Gasteiger partial charge in [0.15, 0.2) is 0 Å². The van der Waals surface area contributed by atoms with Crippen molar-refractivity contribution in [1.29, 1.82) is 0 Å². The quantitative estimate of drug-likeness (QED) is 0.834. The highest BCUT2D eigenvalue weighted by molar-refractivity contribution is 5.53. The smallest absolute Gasteiger partial charge is 0.247 e. The molecule has 1 aromatic heterocycles. The van der Waals surface area contributed by atoms with Crippen LogP contribution in [0.2, 0.25) is 0 Å². The van der Waals surface area contributed by atoms with Gasteiger partial charge in [-0.3, -0.25) is 0 Å². The molecule has 20 heavy (non-hydrogen) atoms. The third kappa shape index (κ3) is 3.45. The molecule has 0 bridgehead atoms. The highest BCUT2D eigenvalue weighted by atomic mass is 16.4. The van der Waals surface area contributed by atoms with E-state index in [1.165, 1.54) is 5.56 Å².